The molecule has 4 nitrogen and oxygen atoms in total. The van der Waals surface area contributed by atoms with Crippen molar-refractivity contribution >= 4 is 0 Å². The Labute approximate surface area is 84.0 Å². The molecule has 4 heteroatoms. The molecular formula is C10H17N3O. The second kappa shape index (κ2) is 2.57. The first-order chi connectivity index (χ1) is 6.43. The lowest BCUT2D eigenvalue weighted by atomic mass is 10.0. The van der Waals surface area contributed by atoms with Gasteiger partial charge >= 0.3 is 0 Å². The maximum Gasteiger partial charge on any atom is 0.158 e. The average molecular weight is 195 g/mol. The van der Waals surface area contributed by atoms with Crippen LogP contribution in [0.15, 0.2) is 6.33 Å². The average Bonchev–Trinajstić information content (AvgIpc) is 2.51. The van der Waals surface area contributed by atoms with E-state index in [9.17, 15) is 0 Å². The van der Waals surface area contributed by atoms with Crippen LogP contribution >= 0.6 is 0 Å². The molecule has 0 unspecified atom stereocenters. The van der Waals surface area contributed by atoms with Crippen molar-refractivity contribution in [2.45, 2.75) is 40.3 Å². The van der Waals surface area contributed by atoms with E-state index in [1.54, 1.807) is 6.33 Å². The van der Waals surface area contributed by atoms with Crippen LogP contribution in [0.25, 0.3) is 0 Å². The minimum atomic E-state index is -0.0390. The molecule has 1 fully saturated rings. The monoisotopic (exact) mass is 195 g/mol. The van der Waals surface area contributed by atoms with Gasteiger partial charge in [0.2, 0.25) is 0 Å². The molecule has 0 amide bonds. The van der Waals surface area contributed by atoms with Gasteiger partial charge in [0.25, 0.3) is 0 Å². The zero-order chi connectivity index (χ0) is 10.6. The van der Waals surface area contributed by atoms with Crippen molar-refractivity contribution in [1.29, 1.82) is 0 Å². The first-order valence-electron chi connectivity index (χ1n) is 4.92. The fourth-order valence-electron chi connectivity index (χ4n) is 2.45. The zero-order valence-corrected chi connectivity index (χ0v) is 9.15. The van der Waals surface area contributed by atoms with Crippen molar-refractivity contribution in [2.75, 3.05) is 0 Å². The molecule has 2 rings (SSSR count). The minimum Gasteiger partial charge on any atom is -0.388 e. The molecule has 1 aromatic rings. The van der Waals surface area contributed by atoms with Gasteiger partial charge in [-0.05, 0) is 10.8 Å². The molecule has 0 atom stereocenters. The molecule has 1 aromatic heterocycles. The molecule has 1 aliphatic rings. The lowest BCUT2D eigenvalue weighted by Gasteiger charge is -2.05. The summed E-state index contributed by atoms with van der Waals surface area (Å²) in [6, 6.07) is 0.396. The van der Waals surface area contributed by atoms with Gasteiger partial charge in [0.05, 0.1) is 0 Å². The van der Waals surface area contributed by atoms with Gasteiger partial charge in [0, 0.05) is 6.04 Å². The summed E-state index contributed by atoms with van der Waals surface area (Å²) < 4.78 is 2.00. The number of nitrogens with zero attached hydrogens (tertiary/aromatic N) is 3. The molecular weight excluding hydrogens is 178 g/mol. The van der Waals surface area contributed by atoms with Crippen LogP contribution in [0, 0.1) is 10.8 Å². The zero-order valence-electron chi connectivity index (χ0n) is 9.15. The van der Waals surface area contributed by atoms with Gasteiger partial charge in [-0.3, -0.25) is 0 Å². The Morgan fingerprint density at radius 1 is 1.36 bits per heavy atom. The number of aliphatic hydroxyl groups is 1. The summed E-state index contributed by atoms with van der Waals surface area (Å²) in [7, 11) is 0. The molecule has 0 aliphatic heterocycles. The van der Waals surface area contributed by atoms with E-state index in [1.807, 2.05) is 4.57 Å². The lowest BCUT2D eigenvalue weighted by Crippen LogP contribution is -2.05. The van der Waals surface area contributed by atoms with Crippen LogP contribution in [0.2, 0.25) is 0 Å². The van der Waals surface area contributed by atoms with E-state index in [1.165, 1.54) is 0 Å². The fourth-order valence-corrected chi connectivity index (χ4v) is 2.45. The second-order valence-corrected chi connectivity index (χ2v) is 5.16. The second-order valence-electron chi connectivity index (χ2n) is 5.16. The normalized spacial score (nSPS) is 23.8. The molecule has 1 aliphatic carbocycles. The molecule has 1 N–H and O–H groups in total. The van der Waals surface area contributed by atoms with Crippen LogP contribution < -0.4 is 0 Å². The maximum absolute atomic E-state index is 9.10. The first kappa shape index (κ1) is 9.65. The standard InChI is InChI=1S/C10H17N3O/c1-9(2)8(10(9,3)4)13-6-11-12-7(13)5-14/h6,8,14H,5H2,1-4H3. The SMILES string of the molecule is CC1(C)C(n2cnnc2CO)C1(C)C. The molecule has 0 spiro atoms. The summed E-state index contributed by atoms with van der Waals surface area (Å²) in [6.45, 7) is 8.90. The number of aromatic nitrogens is 3. The molecule has 78 valence electrons. The molecule has 1 heterocycles. The fraction of sp³-hybridized carbons (Fsp3) is 0.800. The van der Waals surface area contributed by atoms with Crippen LogP contribution in [0.5, 0.6) is 0 Å². The third-order valence-electron chi connectivity index (χ3n) is 4.01. The summed E-state index contributed by atoms with van der Waals surface area (Å²) in [4.78, 5) is 0. The third kappa shape index (κ3) is 0.974. The smallest absolute Gasteiger partial charge is 0.158 e. The summed E-state index contributed by atoms with van der Waals surface area (Å²) in [6.07, 6.45) is 1.72. The van der Waals surface area contributed by atoms with E-state index in [-0.39, 0.29) is 17.4 Å². The number of rotatable bonds is 2. The highest BCUT2D eigenvalue weighted by atomic mass is 16.3. The molecule has 1 saturated carbocycles. The maximum atomic E-state index is 9.10. The van der Waals surface area contributed by atoms with Crippen LogP contribution in [-0.4, -0.2) is 19.9 Å². The van der Waals surface area contributed by atoms with Crippen LogP contribution in [0.4, 0.5) is 0 Å². The highest BCUT2D eigenvalue weighted by Gasteiger charge is 2.66. The Balaban J connectivity index is 2.36. The van der Waals surface area contributed by atoms with E-state index in [0.29, 0.717) is 11.9 Å². The number of hydrogen-bond acceptors (Lipinski definition) is 3. The van der Waals surface area contributed by atoms with Crippen molar-refractivity contribution in [1.82, 2.24) is 14.8 Å². The minimum absolute atomic E-state index is 0.0390. The first-order valence-corrected chi connectivity index (χ1v) is 4.92. The molecule has 0 aromatic carbocycles. The van der Waals surface area contributed by atoms with Gasteiger partial charge in [0.1, 0.15) is 12.9 Å². The Morgan fingerprint density at radius 2 is 1.93 bits per heavy atom. The molecule has 0 radical (unpaired) electrons. The van der Waals surface area contributed by atoms with Crippen LogP contribution in [0.3, 0.4) is 0 Å². The van der Waals surface area contributed by atoms with Gasteiger partial charge in [-0.15, -0.1) is 10.2 Å². The van der Waals surface area contributed by atoms with Crippen molar-refractivity contribution in [2.24, 2.45) is 10.8 Å². The predicted octanol–water partition coefficient (Wildman–Crippen LogP) is 1.38. The largest absolute Gasteiger partial charge is 0.388 e. The summed E-state index contributed by atoms with van der Waals surface area (Å²) in [5.74, 6) is 0.661. The Morgan fingerprint density at radius 3 is 2.36 bits per heavy atom. The highest BCUT2D eigenvalue weighted by Crippen LogP contribution is 2.71. The van der Waals surface area contributed by atoms with Crippen molar-refractivity contribution in [3.8, 4) is 0 Å². The quantitative estimate of drug-likeness (QED) is 0.775. The summed E-state index contributed by atoms with van der Waals surface area (Å²) in [5, 5.41) is 16.8. The van der Waals surface area contributed by atoms with Crippen LogP contribution in [0.1, 0.15) is 39.6 Å². The molecule has 0 bridgehead atoms. The van der Waals surface area contributed by atoms with Crippen molar-refractivity contribution in [3.05, 3.63) is 12.2 Å². The molecule has 0 saturated heterocycles. The van der Waals surface area contributed by atoms with Gasteiger partial charge in [-0.2, -0.15) is 0 Å². The van der Waals surface area contributed by atoms with E-state index in [0.717, 1.165) is 0 Å². The van der Waals surface area contributed by atoms with E-state index >= 15 is 0 Å². The van der Waals surface area contributed by atoms with Crippen molar-refractivity contribution in [3.63, 3.8) is 0 Å². The summed E-state index contributed by atoms with van der Waals surface area (Å²) >= 11 is 0. The number of aliphatic hydroxyl groups excluding tert-OH is 1. The van der Waals surface area contributed by atoms with E-state index in [4.69, 9.17) is 5.11 Å². The van der Waals surface area contributed by atoms with Gasteiger partial charge in [-0.25, -0.2) is 0 Å². The van der Waals surface area contributed by atoms with Crippen LogP contribution in [-0.2, 0) is 6.61 Å². The van der Waals surface area contributed by atoms with Gasteiger partial charge in [-0.1, -0.05) is 27.7 Å². The van der Waals surface area contributed by atoms with Gasteiger partial charge < -0.3 is 9.67 Å². The lowest BCUT2D eigenvalue weighted by molar-refractivity contribution is 0.262. The Bertz CT molecular complexity index is 340. The number of hydrogen-bond donors (Lipinski definition) is 1. The third-order valence-corrected chi connectivity index (χ3v) is 4.01. The van der Waals surface area contributed by atoms with Gasteiger partial charge in [0.15, 0.2) is 5.82 Å². The predicted molar refractivity (Wildman–Crippen MR) is 52.5 cm³/mol. The summed E-state index contributed by atoms with van der Waals surface area (Å²) in [5.41, 5.74) is 0.499. The molecule has 14 heavy (non-hydrogen) atoms. The van der Waals surface area contributed by atoms with E-state index < -0.39 is 0 Å². The van der Waals surface area contributed by atoms with E-state index in [2.05, 4.69) is 37.9 Å². The Kier molecular flexibility index (Phi) is 1.77. The van der Waals surface area contributed by atoms with Crippen molar-refractivity contribution < 1.29 is 5.11 Å². The topological polar surface area (TPSA) is 50.9 Å². The highest BCUT2D eigenvalue weighted by molar-refractivity contribution is 5.17. The Hall–Kier alpha value is -0.900.